The molecule has 0 fully saturated rings. The number of nitrogens with zero attached hydrogens (tertiary/aromatic N) is 2. The third-order valence-electron chi connectivity index (χ3n) is 3.53. The SMILES string of the molecule is CN=C(NCCN1C(=O)c2ccccc2C1=O)NC(C)COC. The predicted octanol–water partition coefficient (Wildman–Crippen LogP) is 0.482. The van der Waals surface area contributed by atoms with E-state index < -0.39 is 0 Å². The van der Waals surface area contributed by atoms with E-state index in [2.05, 4.69) is 15.6 Å². The first-order valence-electron chi connectivity index (χ1n) is 7.49. The fraction of sp³-hybridized carbons (Fsp3) is 0.438. The molecule has 7 heteroatoms. The van der Waals surface area contributed by atoms with Crippen molar-refractivity contribution in [2.75, 3.05) is 33.9 Å². The monoisotopic (exact) mass is 318 g/mol. The van der Waals surface area contributed by atoms with Crippen LogP contribution in [-0.2, 0) is 4.74 Å². The molecule has 2 rings (SSSR count). The zero-order chi connectivity index (χ0) is 16.8. The first-order valence-corrected chi connectivity index (χ1v) is 7.49. The van der Waals surface area contributed by atoms with Gasteiger partial charge in [-0.05, 0) is 19.1 Å². The van der Waals surface area contributed by atoms with Crippen molar-refractivity contribution < 1.29 is 14.3 Å². The van der Waals surface area contributed by atoms with Gasteiger partial charge in [0, 0.05) is 33.3 Å². The summed E-state index contributed by atoms with van der Waals surface area (Å²) in [6, 6.07) is 6.97. The second-order valence-corrected chi connectivity index (χ2v) is 5.31. The normalized spacial score (nSPS) is 15.6. The first-order chi connectivity index (χ1) is 11.1. The fourth-order valence-electron chi connectivity index (χ4n) is 2.45. The Kier molecular flexibility index (Phi) is 5.70. The lowest BCUT2D eigenvalue weighted by atomic mass is 10.1. The molecule has 124 valence electrons. The van der Waals surface area contributed by atoms with E-state index in [-0.39, 0.29) is 24.4 Å². The van der Waals surface area contributed by atoms with E-state index in [1.165, 1.54) is 4.90 Å². The number of aliphatic imine (C=N–C) groups is 1. The highest BCUT2D eigenvalue weighted by Crippen LogP contribution is 2.21. The zero-order valence-corrected chi connectivity index (χ0v) is 13.6. The van der Waals surface area contributed by atoms with E-state index in [9.17, 15) is 9.59 Å². The topological polar surface area (TPSA) is 83.0 Å². The van der Waals surface area contributed by atoms with Crippen molar-refractivity contribution in [3.63, 3.8) is 0 Å². The number of fused-ring (bicyclic) bond motifs is 1. The lowest BCUT2D eigenvalue weighted by molar-refractivity contribution is 0.0657. The van der Waals surface area contributed by atoms with Gasteiger partial charge in [-0.15, -0.1) is 0 Å². The highest BCUT2D eigenvalue weighted by Gasteiger charge is 2.34. The van der Waals surface area contributed by atoms with Crippen LogP contribution in [0.1, 0.15) is 27.6 Å². The Bertz CT molecular complexity index is 580. The van der Waals surface area contributed by atoms with Crippen LogP contribution in [-0.4, -0.2) is 62.6 Å². The largest absolute Gasteiger partial charge is 0.383 e. The highest BCUT2D eigenvalue weighted by atomic mass is 16.5. The van der Waals surface area contributed by atoms with Crippen LogP contribution in [0.4, 0.5) is 0 Å². The van der Waals surface area contributed by atoms with Crippen LogP contribution in [0.5, 0.6) is 0 Å². The molecule has 0 spiro atoms. The second kappa shape index (κ2) is 7.73. The maximum Gasteiger partial charge on any atom is 0.261 e. The van der Waals surface area contributed by atoms with Crippen LogP contribution in [0.2, 0.25) is 0 Å². The van der Waals surface area contributed by atoms with Gasteiger partial charge in [0.1, 0.15) is 0 Å². The minimum absolute atomic E-state index is 0.102. The molecule has 1 aromatic rings. The van der Waals surface area contributed by atoms with Crippen molar-refractivity contribution >= 4 is 17.8 Å². The van der Waals surface area contributed by atoms with E-state index in [4.69, 9.17) is 4.74 Å². The van der Waals surface area contributed by atoms with E-state index in [0.29, 0.717) is 30.2 Å². The average molecular weight is 318 g/mol. The van der Waals surface area contributed by atoms with Crippen LogP contribution < -0.4 is 10.6 Å². The van der Waals surface area contributed by atoms with Gasteiger partial charge in [-0.1, -0.05) is 12.1 Å². The van der Waals surface area contributed by atoms with Crippen LogP contribution in [0.25, 0.3) is 0 Å². The van der Waals surface area contributed by atoms with E-state index in [0.717, 1.165) is 0 Å². The number of amides is 2. The zero-order valence-electron chi connectivity index (χ0n) is 13.6. The number of benzene rings is 1. The van der Waals surface area contributed by atoms with E-state index in [1.54, 1.807) is 38.4 Å². The van der Waals surface area contributed by atoms with Gasteiger partial charge in [0.25, 0.3) is 11.8 Å². The molecule has 1 heterocycles. The molecule has 7 nitrogen and oxygen atoms in total. The molecule has 0 aliphatic carbocycles. The van der Waals surface area contributed by atoms with Crippen molar-refractivity contribution in [3.8, 4) is 0 Å². The number of nitrogens with one attached hydrogen (secondary N) is 2. The standard InChI is InChI=1S/C16H22N4O3/c1-11(10-23-3)19-16(17-2)18-8-9-20-14(21)12-6-4-5-7-13(12)15(20)22/h4-7,11H,8-10H2,1-3H3,(H2,17,18,19). The number of imide groups is 1. The molecule has 0 aromatic heterocycles. The molecule has 1 aliphatic heterocycles. The molecule has 0 saturated carbocycles. The quantitative estimate of drug-likeness (QED) is 0.453. The van der Waals surface area contributed by atoms with Crippen molar-refractivity contribution in [1.29, 1.82) is 0 Å². The number of hydrogen-bond donors (Lipinski definition) is 2. The summed E-state index contributed by atoms with van der Waals surface area (Å²) in [7, 11) is 3.30. The van der Waals surface area contributed by atoms with Crippen molar-refractivity contribution in [1.82, 2.24) is 15.5 Å². The van der Waals surface area contributed by atoms with Gasteiger partial charge in [0.15, 0.2) is 5.96 Å². The Labute approximate surface area is 135 Å². The molecule has 2 amide bonds. The first kappa shape index (κ1) is 17.0. The van der Waals surface area contributed by atoms with Gasteiger partial charge in [0.05, 0.1) is 17.7 Å². The molecule has 0 radical (unpaired) electrons. The molecular weight excluding hydrogens is 296 g/mol. The predicted molar refractivity (Wildman–Crippen MR) is 87.6 cm³/mol. The van der Waals surface area contributed by atoms with E-state index >= 15 is 0 Å². The van der Waals surface area contributed by atoms with Gasteiger partial charge < -0.3 is 15.4 Å². The third-order valence-corrected chi connectivity index (χ3v) is 3.53. The molecule has 0 saturated heterocycles. The van der Waals surface area contributed by atoms with Crippen molar-refractivity contribution in [2.24, 2.45) is 4.99 Å². The number of ether oxygens (including phenoxy) is 1. The number of methoxy groups -OCH3 is 1. The Balaban J connectivity index is 1.87. The van der Waals surface area contributed by atoms with E-state index in [1.807, 2.05) is 6.92 Å². The smallest absolute Gasteiger partial charge is 0.261 e. The highest BCUT2D eigenvalue weighted by molar-refractivity contribution is 6.21. The van der Waals surface area contributed by atoms with Crippen LogP contribution in [0.3, 0.4) is 0 Å². The van der Waals surface area contributed by atoms with Crippen LogP contribution >= 0.6 is 0 Å². The molecule has 2 N–H and O–H groups in total. The number of guanidine groups is 1. The summed E-state index contributed by atoms with van der Waals surface area (Å²) < 4.78 is 5.06. The summed E-state index contributed by atoms with van der Waals surface area (Å²) >= 11 is 0. The average Bonchev–Trinajstić information content (AvgIpc) is 2.79. The Hall–Kier alpha value is -2.41. The van der Waals surface area contributed by atoms with Gasteiger partial charge in [-0.2, -0.15) is 0 Å². The number of carbonyl (C=O) groups excluding carboxylic acids is 2. The summed E-state index contributed by atoms with van der Waals surface area (Å²) in [6.45, 7) is 3.23. The molecule has 23 heavy (non-hydrogen) atoms. The van der Waals surface area contributed by atoms with Crippen molar-refractivity contribution in [2.45, 2.75) is 13.0 Å². The van der Waals surface area contributed by atoms with Gasteiger partial charge in [0.2, 0.25) is 0 Å². The molecule has 1 aromatic carbocycles. The Morgan fingerprint density at radius 2 is 1.87 bits per heavy atom. The minimum atomic E-state index is -0.247. The Morgan fingerprint density at radius 1 is 1.26 bits per heavy atom. The molecular formula is C16H22N4O3. The second-order valence-electron chi connectivity index (χ2n) is 5.31. The number of rotatable bonds is 6. The minimum Gasteiger partial charge on any atom is -0.383 e. The Morgan fingerprint density at radius 3 is 2.39 bits per heavy atom. The summed E-state index contributed by atoms with van der Waals surface area (Å²) in [5.41, 5.74) is 0.933. The third kappa shape index (κ3) is 3.87. The van der Waals surface area contributed by atoms with Crippen LogP contribution in [0, 0.1) is 0 Å². The van der Waals surface area contributed by atoms with Crippen molar-refractivity contribution in [3.05, 3.63) is 35.4 Å². The summed E-state index contributed by atoms with van der Waals surface area (Å²) in [6.07, 6.45) is 0. The summed E-state index contributed by atoms with van der Waals surface area (Å²) in [4.78, 5) is 29.8. The molecule has 1 atom stereocenters. The fourth-order valence-corrected chi connectivity index (χ4v) is 2.45. The van der Waals surface area contributed by atoms with Crippen LogP contribution in [0.15, 0.2) is 29.3 Å². The number of hydrogen-bond acceptors (Lipinski definition) is 4. The lowest BCUT2D eigenvalue weighted by Crippen LogP contribution is -2.46. The molecule has 1 aliphatic rings. The lowest BCUT2D eigenvalue weighted by Gasteiger charge is -2.19. The summed E-state index contributed by atoms with van der Waals surface area (Å²) in [5, 5.41) is 6.25. The van der Waals surface area contributed by atoms with Gasteiger partial charge >= 0.3 is 0 Å². The maximum atomic E-state index is 12.2. The summed E-state index contributed by atoms with van der Waals surface area (Å²) in [5.74, 6) is 0.109. The van der Waals surface area contributed by atoms with Gasteiger partial charge in [-0.3, -0.25) is 19.5 Å². The molecule has 0 bridgehead atoms. The maximum absolute atomic E-state index is 12.2. The molecule has 1 unspecified atom stereocenters. The number of carbonyl (C=O) groups is 2. The van der Waals surface area contributed by atoms with Gasteiger partial charge in [-0.25, -0.2) is 0 Å².